The Bertz CT molecular complexity index is 1080. The van der Waals surface area contributed by atoms with Crippen LogP contribution >= 0.6 is 0 Å². The van der Waals surface area contributed by atoms with Gasteiger partial charge in [0.15, 0.2) is 12.6 Å². The first-order valence-corrected chi connectivity index (χ1v) is 22.9. The minimum Gasteiger partial charge on any atom is -0.457 e. The lowest BCUT2D eigenvalue weighted by atomic mass is 9.98. The highest BCUT2D eigenvalue weighted by Crippen LogP contribution is 2.26. The number of carbonyl (C=O) groups excluding carboxylic acids is 1. The Balaban J connectivity index is 1.82. The molecule has 14 heteroatoms. The SMILES string of the molecule is CCC/C=C\C/C=C\CCCCCCCC(=O)OC(COCCCCCCCCCCCCCC)COC1OC(COC2OC(CO)C(O)C(O)C2O)C(O)C(O)C1O. The van der Waals surface area contributed by atoms with Crippen LogP contribution < -0.4 is 0 Å². The number of rotatable bonds is 35. The predicted molar refractivity (Wildman–Crippen MR) is 224 cm³/mol. The molecule has 59 heavy (non-hydrogen) atoms. The van der Waals surface area contributed by atoms with Crippen LogP contribution in [0.3, 0.4) is 0 Å². The fourth-order valence-corrected chi connectivity index (χ4v) is 7.15. The number of allylic oxidation sites excluding steroid dienone is 4. The van der Waals surface area contributed by atoms with Crippen molar-refractivity contribution >= 4 is 5.97 Å². The molecule has 2 aliphatic heterocycles. The van der Waals surface area contributed by atoms with Crippen molar-refractivity contribution in [2.24, 2.45) is 0 Å². The summed E-state index contributed by atoms with van der Waals surface area (Å²) in [5, 5.41) is 71.9. The summed E-state index contributed by atoms with van der Waals surface area (Å²) >= 11 is 0. The highest BCUT2D eigenvalue weighted by molar-refractivity contribution is 5.69. The Labute approximate surface area is 354 Å². The fourth-order valence-electron chi connectivity index (χ4n) is 7.15. The number of carbonyl (C=O) groups is 1. The van der Waals surface area contributed by atoms with Crippen LogP contribution in [0.5, 0.6) is 0 Å². The second-order valence-electron chi connectivity index (χ2n) is 16.2. The number of unbranched alkanes of at least 4 members (excludes halogenated alkanes) is 17. The van der Waals surface area contributed by atoms with Gasteiger partial charge < -0.3 is 64.2 Å². The summed E-state index contributed by atoms with van der Waals surface area (Å²) in [4.78, 5) is 12.9. The third kappa shape index (κ3) is 22.9. The molecule has 0 aromatic rings. The molecule has 2 heterocycles. The Morgan fingerprint density at radius 1 is 0.559 bits per heavy atom. The zero-order valence-corrected chi connectivity index (χ0v) is 36.2. The lowest BCUT2D eigenvalue weighted by Gasteiger charge is -2.42. The summed E-state index contributed by atoms with van der Waals surface area (Å²) in [6.45, 7) is 3.59. The second-order valence-corrected chi connectivity index (χ2v) is 16.2. The molecule has 11 unspecified atom stereocenters. The lowest BCUT2D eigenvalue weighted by Crippen LogP contribution is -2.61. The molecule has 7 N–H and O–H groups in total. The van der Waals surface area contributed by atoms with Crippen LogP contribution in [-0.2, 0) is 33.2 Å². The average Bonchev–Trinajstić information content (AvgIpc) is 3.23. The van der Waals surface area contributed by atoms with Crippen molar-refractivity contribution in [1.29, 1.82) is 0 Å². The molecule has 2 aliphatic rings. The second kappa shape index (κ2) is 34.0. The quantitative estimate of drug-likeness (QED) is 0.0246. The van der Waals surface area contributed by atoms with Gasteiger partial charge in [0.2, 0.25) is 0 Å². The molecule has 2 saturated heterocycles. The van der Waals surface area contributed by atoms with Gasteiger partial charge >= 0.3 is 5.97 Å². The first kappa shape index (κ1) is 53.6. The molecule has 0 saturated carbocycles. The van der Waals surface area contributed by atoms with Crippen molar-refractivity contribution in [2.75, 3.05) is 33.0 Å². The van der Waals surface area contributed by atoms with Crippen molar-refractivity contribution < 1.29 is 69.0 Å². The summed E-state index contributed by atoms with van der Waals surface area (Å²) < 4.78 is 34.1. The first-order chi connectivity index (χ1) is 28.6. The summed E-state index contributed by atoms with van der Waals surface area (Å²) in [7, 11) is 0. The van der Waals surface area contributed by atoms with E-state index < -0.39 is 86.7 Å². The molecular weight excluding hydrogens is 764 g/mol. The van der Waals surface area contributed by atoms with Crippen LogP contribution in [0, 0.1) is 0 Å². The largest absolute Gasteiger partial charge is 0.457 e. The number of ether oxygens (including phenoxy) is 6. The number of esters is 1. The van der Waals surface area contributed by atoms with Crippen molar-refractivity contribution in [3.05, 3.63) is 24.3 Å². The zero-order valence-electron chi connectivity index (χ0n) is 36.2. The first-order valence-electron chi connectivity index (χ1n) is 22.9. The Morgan fingerprint density at radius 3 is 1.69 bits per heavy atom. The topological polar surface area (TPSA) is 214 Å². The van der Waals surface area contributed by atoms with Gasteiger partial charge in [0.25, 0.3) is 0 Å². The van der Waals surface area contributed by atoms with E-state index in [0.29, 0.717) is 13.0 Å². The molecule has 0 radical (unpaired) electrons. The molecule has 2 rings (SSSR count). The smallest absolute Gasteiger partial charge is 0.306 e. The summed E-state index contributed by atoms with van der Waals surface area (Å²) in [6, 6.07) is 0. The summed E-state index contributed by atoms with van der Waals surface area (Å²) in [5.74, 6) is -0.391. The molecule has 0 aromatic carbocycles. The van der Waals surface area contributed by atoms with Gasteiger partial charge in [0.05, 0.1) is 26.4 Å². The number of aliphatic hydroxyl groups is 7. The molecule has 346 valence electrons. The molecule has 2 fully saturated rings. The van der Waals surface area contributed by atoms with Gasteiger partial charge in [0.1, 0.15) is 54.9 Å². The molecule has 0 aliphatic carbocycles. The maximum Gasteiger partial charge on any atom is 0.306 e. The Hall–Kier alpha value is -1.53. The number of hydrogen-bond donors (Lipinski definition) is 7. The van der Waals surface area contributed by atoms with E-state index in [4.69, 9.17) is 28.4 Å². The Morgan fingerprint density at radius 2 is 1.08 bits per heavy atom. The van der Waals surface area contributed by atoms with Crippen molar-refractivity contribution in [3.63, 3.8) is 0 Å². The van der Waals surface area contributed by atoms with Crippen LogP contribution in [0.4, 0.5) is 0 Å². The molecular formula is C45H82O14. The maximum absolute atomic E-state index is 12.9. The lowest BCUT2D eigenvalue weighted by molar-refractivity contribution is -0.332. The fraction of sp³-hybridized carbons (Fsp3) is 0.889. The van der Waals surface area contributed by atoms with Crippen LogP contribution in [0.25, 0.3) is 0 Å². The van der Waals surface area contributed by atoms with Crippen molar-refractivity contribution in [1.82, 2.24) is 0 Å². The van der Waals surface area contributed by atoms with E-state index >= 15 is 0 Å². The molecule has 11 atom stereocenters. The van der Waals surface area contributed by atoms with Gasteiger partial charge in [-0.1, -0.05) is 134 Å². The number of aliphatic hydroxyl groups excluding tert-OH is 7. The van der Waals surface area contributed by atoms with Crippen LogP contribution in [0.15, 0.2) is 24.3 Å². The van der Waals surface area contributed by atoms with Crippen LogP contribution in [0.1, 0.15) is 155 Å². The highest BCUT2D eigenvalue weighted by Gasteiger charge is 2.47. The zero-order chi connectivity index (χ0) is 43.1. The standard InChI is InChI=1S/C45H82O14/c1-3-5-7-9-11-13-15-17-18-20-22-24-26-28-37(47)57-34(31-54-29-27-25-23-21-19-16-14-12-10-8-6-4-2)32-55-44-43(53)41(51)39(49)36(59-44)33-56-45-42(52)40(50)38(48)35(30-46)58-45/h7,9,13,15,34-36,38-46,48-53H,3-6,8,10-12,14,16-33H2,1-2H3/b9-7-,15-13-. The molecule has 14 nitrogen and oxygen atoms in total. The van der Waals surface area contributed by atoms with E-state index in [9.17, 15) is 40.5 Å². The van der Waals surface area contributed by atoms with Crippen LogP contribution in [-0.4, -0.2) is 142 Å². The third-order valence-electron chi connectivity index (χ3n) is 10.9. The Kier molecular flexibility index (Phi) is 30.9. The van der Waals surface area contributed by atoms with Crippen LogP contribution in [0.2, 0.25) is 0 Å². The van der Waals surface area contributed by atoms with E-state index in [2.05, 4.69) is 38.2 Å². The predicted octanol–water partition coefficient (Wildman–Crippen LogP) is 5.29. The molecule has 0 spiro atoms. The van der Waals surface area contributed by atoms with E-state index in [1.54, 1.807) is 0 Å². The van der Waals surface area contributed by atoms with Gasteiger partial charge in [-0.25, -0.2) is 0 Å². The molecule has 0 bridgehead atoms. The summed E-state index contributed by atoms with van der Waals surface area (Å²) in [6.07, 6.45) is 16.7. The number of hydrogen-bond acceptors (Lipinski definition) is 14. The van der Waals surface area contributed by atoms with E-state index in [-0.39, 0.29) is 19.6 Å². The van der Waals surface area contributed by atoms with E-state index in [1.807, 2.05) is 0 Å². The molecule has 0 aromatic heterocycles. The minimum absolute atomic E-state index is 0.0589. The van der Waals surface area contributed by atoms with E-state index in [0.717, 1.165) is 64.2 Å². The molecule has 0 amide bonds. The van der Waals surface area contributed by atoms with Crippen molar-refractivity contribution in [2.45, 2.75) is 223 Å². The summed E-state index contributed by atoms with van der Waals surface area (Å²) in [5.41, 5.74) is 0. The normalized spacial score (nSPS) is 28.2. The van der Waals surface area contributed by atoms with Gasteiger partial charge in [0, 0.05) is 13.0 Å². The monoisotopic (exact) mass is 847 g/mol. The maximum atomic E-state index is 12.9. The van der Waals surface area contributed by atoms with Gasteiger partial charge in [-0.15, -0.1) is 0 Å². The third-order valence-corrected chi connectivity index (χ3v) is 10.9. The van der Waals surface area contributed by atoms with E-state index in [1.165, 1.54) is 64.2 Å². The van der Waals surface area contributed by atoms with Gasteiger partial charge in [-0.3, -0.25) is 4.79 Å². The van der Waals surface area contributed by atoms with Crippen molar-refractivity contribution in [3.8, 4) is 0 Å². The average molecular weight is 847 g/mol. The highest BCUT2D eigenvalue weighted by atomic mass is 16.7. The van der Waals surface area contributed by atoms with Gasteiger partial charge in [-0.2, -0.15) is 0 Å². The minimum atomic E-state index is -1.70. The van der Waals surface area contributed by atoms with Gasteiger partial charge in [-0.05, 0) is 38.5 Å².